The van der Waals surface area contributed by atoms with Crippen LogP contribution in [0.25, 0.3) is 0 Å². The molecule has 0 bridgehead atoms. The van der Waals surface area contributed by atoms with Gasteiger partial charge in [-0.3, -0.25) is 9.78 Å². The molecule has 1 heterocycles. The van der Waals surface area contributed by atoms with Crippen molar-refractivity contribution in [2.45, 2.75) is 0 Å². The second-order valence-electron chi connectivity index (χ2n) is 3.12. The first-order valence-corrected chi connectivity index (χ1v) is 5.48. The minimum Gasteiger partial charge on any atom is -0.320 e. The van der Waals surface area contributed by atoms with E-state index in [1.807, 2.05) is 6.07 Å². The van der Waals surface area contributed by atoms with Crippen LogP contribution in [-0.4, -0.2) is 10.9 Å². The van der Waals surface area contributed by atoms with E-state index in [-0.39, 0.29) is 17.2 Å². The minimum atomic E-state index is -0.516. The Labute approximate surface area is 100 Å². The lowest BCUT2D eigenvalue weighted by atomic mass is 10.2. The zero-order valence-corrected chi connectivity index (χ0v) is 9.29. The van der Waals surface area contributed by atoms with Crippen LogP contribution in [0.4, 0.5) is 10.1 Å². The Bertz CT molecular complexity index is 589. The summed E-state index contributed by atoms with van der Waals surface area (Å²) >= 11 is 1.19. The van der Waals surface area contributed by atoms with Crippen LogP contribution in [0, 0.1) is 17.1 Å². The van der Waals surface area contributed by atoms with E-state index in [1.165, 1.54) is 35.2 Å². The summed E-state index contributed by atoms with van der Waals surface area (Å²) in [5, 5.41) is 11.3. The molecule has 0 aliphatic heterocycles. The second kappa shape index (κ2) is 4.72. The van der Waals surface area contributed by atoms with Crippen molar-refractivity contribution in [1.82, 2.24) is 4.98 Å². The van der Waals surface area contributed by atoms with Crippen molar-refractivity contribution in [1.29, 1.82) is 5.26 Å². The summed E-state index contributed by atoms with van der Waals surface area (Å²) in [6, 6.07) is 5.43. The molecule has 0 unspecified atom stereocenters. The summed E-state index contributed by atoms with van der Waals surface area (Å²) in [6.45, 7) is 0. The van der Waals surface area contributed by atoms with Crippen molar-refractivity contribution < 1.29 is 9.18 Å². The minimum absolute atomic E-state index is 0.0860. The van der Waals surface area contributed by atoms with Crippen molar-refractivity contribution in [3.8, 4) is 6.07 Å². The molecule has 1 aromatic heterocycles. The standard InChI is InChI=1S/C11H6FN3OS/c12-8-1-2-9(7(3-8)4-13)15-11(16)10-5-14-6-17-10/h1-3,5-6H,(H,15,16). The van der Waals surface area contributed by atoms with Crippen LogP contribution in [-0.2, 0) is 0 Å². The molecule has 0 saturated heterocycles. The van der Waals surface area contributed by atoms with E-state index in [2.05, 4.69) is 10.3 Å². The third kappa shape index (κ3) is 2.46. The third-order valence-electron chi connectivity index (χ3n) is 2.01. The zero-order chi connectivity index (χ0) is 12.3. The van der Waals surface area contributed by atoms with E-state index in [1.54, 1.807) is 0 Å². The fourth-order valence-corrected chi connectivity index (χ4v) is 1.74. The SMILES string of the molecule is N#Cc1cc(F)ccc1NC(=O)c1cncs1. The van der Waals surface area contributed by atoms with Crippen LogP contribution in [0.3, 0.4) is 0 Å². The Hall–Kier alpha value is -2.26. The highest BCUT2D eigenvalue weighted by atomic mass is 32.1. The summed E-state index contributed by atoms with van der Waals surface area (Å²) in [5.41, 5.74) is 1.90. The molecule has 0 aliphatic carbocycles. The molecule has 1 amide bonds. The molecule has 0 saturated carbocycles. The van der Waals surface area contributed by atoms with Crippen LogP contribution in [0.1, 0.15) is 15.2 Å². The van der Waals surface area contributed by atoms with Gasteiger partial charge in [-0.05, 0) is 18.2 Å². The summed E-state index contributed by atoms with van der Waals surface area (Å²) in [4.78, 5) is 15.9. The Morgan fingerprint density at radius 2 is 2.35 bits per heavy atom. The van der Waals surface area contributed by atoms with Crippen molar-refractivity contribution in [2.24, 2.45) is 0 Å². The van der Waals surface area contributed by atoms with Gasteiger partial charge in [0.1, 0.15) is 16.8 Å². The molecule has 0 atom stereocenters. The maximum atomic E-state index is 12.9. The number of anilines is 1. The maximum absolute atomic E-state index is 12.9. The van der Waals surface area contributed by atoms with Gasteiger partial charge >= 0.3 is 0 Å². The van der Waals surface area contributed by atoms with Gasteiger partial charge in [-0.2, -0.15) is 5.26 Å². The lowest BCUT2D eigenvalue weighted by Gasteiger charge is -2.05. The normalized spacial score (nSPS) is 9.65. The van der Waals surface area contributed by atoms with Crippen molar-refractivity contribution >= 4 is 22.9 Å². The summed E-state index contributed by atoms with van der Waals surface area (Å²) < 4.78 is 12.9. The molecule has 0 aliphatic rings. The van der Waals surface area contributed by atoms with Gasteiger partial charge in [-0.1, -0.05) is 0 Å². The average molecular weight is 247 g/mol. The van der Waals surface area contributed by atoms with Crippen LogP contribution < -0.4 is 5.32 Å². The summed E-state index contributed by atoms with van der Waals surface area (Å²) in [7, 11) is 0. The van der Waals surface area contributed by atoms with E-state index in [9.17, 15) is 9.18 Å². The van der Waals surface area contributed by atoms with Crippen LogP contribution >= 0.6 is 11.3 Å². The molecule has 17 heavy (non-hydrogen) atoms. The first-order chi connectivity index (χ1) is 8.20. The van der Waals surface area contributed by atoms with Gasteiger partial charge in [0.05, 0.1) is 23.0 Å². The molecule has 84 valence electrons. The van der Waals surface area contributed by atoms with Crippen molar-refractivity contribution in [3.05, 3.63) is 46.2 Å². The molecular formula is C11H6FN3OS. The van der Waals surface area contributed by atoms with E-state index in [0.717, 1.165) is 6.07 Å². The van der Waals surface area contributed by atoms with Gasteiger partial charge in [-0.25, -0.2) is 4.39 Å². The molecule has 2 aromatic rings. The monoisotopic (exact) mass is 247 g/mol. The number of thiazole rings is 1. The van der Waals surface area contributed by atoms with Crippen molar-refractivity contribution in [2.75, 3.05) is 5.32 Å². The van der Waals surface area contributed by atoms with E-state index in [0.29, 0.717) is 4.88 Å². The first kappa shape index (κ1) is 11.2. The maximum Gasteiger partial charge on any atom is 0.267 e. The average Bonchev–Trinajstić information content (AvgIpc) is 2.85. The molecule has 0 fully saturated rings. The second-order valence-corrected chi connectivity index (χ2v) is 4.01. The highest BCUT2D eigenvalue weighted by molar-refractivity contribution is 7.11. The smallest absolute Gasteiger partial charge is 0.267 e. The predicted molar refractivity (Wildman–Crippen MR) is 61.2 cm³/mol. The van der Waals surface area contributed by atoms with Gasteiger partial charge in [0.15, 0.2) is 0 Å². The molecule has 2 rings (SSSR count). The van der Waals surface area contributed by atoms with Gasteiger partial charge in [0.25, 0.3) is 5.91 Å². The Balaban J connectivity index is 2.25. The Kier molecular flexibility index (Phi) is 3.12. The van der Waals surface area contributed by atoms with Crippen molar-refractivity contribution in [3.63, 3.8) is 0 Å². The number of rotatable bonds is 2. The van der Waals surface area contributed by atoms with Crippen LogP contribution in [0.2, 0.25) is 0 Å². The van der Waals surface area contributed by atoms with Crippen LogP contribution in [0.15, 0.2) is 29.9 Å². The number of halogens is 1. The van der Waals surface area contributed by atoms with E-state index in [4.69, 9.17) is 5.26 Å². The number of hydrogen-bond acceptors (Lipinski definition) is 4. The number of nitriles is 1. The number of carbonyl (C=O) groups is 1. The number of benzene rings is 1. The molecule has 1 aromatic carbocycles. The molecule has 0 radical (unpaired) electrons. The van der Waals surface area contributed by atoms with Gasteiger partial charge in [0.2, 0.25) is 0 Å². The summed E-state index contributed by atoms with van der Waals surface area (Å²) in [6.07, 6.45) is 1.43. The number of hydrogen-bond donors (Lipinski definition) is 1. The Morgan fingerprint density at radius 1 is 1.53 bits per heavy atom. The molecule has 1 N–H and O–H groups in total. The fraction of sp³-hybridized carbons (Fsp3) is 0. The number of carbonyl (C=O) groups excluding carboxylic acids is 1. The van der Waals surface area contributed by atoms with Crippen LogP contribution in [0.5, 0.6) is 0 Å². The van der Waals surface area contributed by atoms with E-state index < -0.39 is 5.82 Å². The topological polar surface area (TPSA) is 65.8 Å². The summed E-state index contributed by atoms with van der Waals surface area (Å²) in [5.74, 6) is -0.882. The lowest BCUT2D eigenvalue weighted by molar-refractivity contribution is 0.103. The quantitative estimate of drug-likeness (QED) is 0.886. The zero-order valence-electron chi connectivity index (χ0n) is 8.48. The predicted octanol–water partition coefficient (Wildman–Crippen LogP) is 2.41. The number of amides is 1. The molecule has 4 nitrogen and oxygen atoms in total. The number of aromatic nitrogens is 1. The number of nitrogens with zero attached hydrogens (tertiary/aromatic N) is 2. The van der Waals surface area contributed by atoms with Gasteiger partial charge < -0.3 is 5.32 Å². The van der Waals surface area contributed by atoms with E-state index >= 15 is 0 Å². The molecular weight excluding hydrogens is 241 g/mol. The highest BCUT2D eigenvalue weighted by Gasteiger charge is 2.10. The number of nitrogens with one attached hydrogen (secondary N) is 1. The largest absolute Gasteiger partial charge is 0.320 e. The molecule has 0 spiro atoms. The third-order valence-corrected chi connectivity index (χ3v) is 2.78. The molecule has 6 heteroatoms. The fourth-order valence-electron chi connectivity index (χ4n) is 1.23. The lowest BCUT2D eigenvalue weighted by Crippen LogP contribution is -2.11. The van der Waals surface area contributed by atoms with Gasteiger partial charge in [-0.15, -0.1) is 11.3 Å². The van der Waals surface area contributed by atoms with Gasteiger partial charge in [0, 0.05) is 0 Å². The first-order valence-electron chi connectivity index (χ1n) is 4.60. The highest BCUT2D eigenvalue weighted by Crippen LogP contribution is 2.17. The Morgan fingerprint density at radius 3 is 3.00 bits per heavy atom.